The number of carbonyl (C=O) groups is 1. The zero-order valence-electron chi connectivity index (χ0n) is 15.3. The second-order valence-electron chi connectivity index (χ2n) is 6.32. The maximum atomic E-state index is 12.2. The first-order valence-corrected chi connectivity index (χ1v) is 9.66. The first-order chi connectivity index (χ1) is 13.0. The number of amides is 1. The van der Waals surface area contributed by atoms with Gasteiger partial charge in [0.05, 0.1) is 11.5 Å². The van der Waals surface area contributed by atoms with Crippen molar-refractivity contribution in [2.75, 3.05) is 5.75 Å². The van der Waals surface area contributed by atoms with E-state index in [1.54, 1.807) is 0 Å². The number of thioether (sulfide) groups is 1. The lowest BCUT2D eigenvalue weighted by Crippen LogP contribution is -2.39. The van der Waals surface area contributed by atoms with Crippen molar-refractivity contribution in [3.8, 4) is 0 Å². The summed E-state index contributed by atoms with van der Waals surface area (Å²) in [6, 6.07) is 8.10. The van der Waals surface area contributed by atoms with Gasteiger partial charge in [0, 0.05) is 19.7 Å². The van der Waals surface area contributed by atoms with Gasteiger partial charge in [0.25, 0.3) is 5.56 Å². The van der Waals surface area contributed by atoms with Gasteiger partial charge in [-0.2, -0.15) is 10.2 Å². The summed E-state index contributed by atoms with van der Waals surface area (Å²) < 4.78 is 2.04. The minimum Gasteiger partial charge on any atom is -0.272 e. The summed E-state index contributed by atoms with van der Waals surface area (Å²) in [7, 11) is 2.84. The Hall–Kier alpha value is -2.68. The molecule has 0 unspecified atom stereocenters. The van der Waals surface area contributed by atoms with Crippen LogP contribution in [0.5, 0.6) is 0 Å². The van der Waals surface area contributed by atoms with Crippen molar-refractivity contribution in [3.63, 3.8) is 0 Å². The molecule has 0 atom stereocenters. The number of hydrazone groups is 1. The summed E-state index contributed by atoms with van der Waals surface area (Å²) in [5.41, 5.74) is 4.75. The number of nitrogens with zero attached hydrogens (tertiary/aromatic N) is 4. The fourth-order valence-electron chi connectivity index (χ4n) is 2.93. The molecule has 0 fully saturated rings. The summed E-state index contributed by atoms with van der Waals surface area (Å²) in [6.07, 6.45) is 3.95. The van der Waals surface area contributed by atoms with E-state index in [1.807, 2.05) is 18.2 Å². The standard InChI is InChI=1S/C18H21N5O3S/c1-22-17(25)16(21-23(2)18(22)26)27-11-15(24)20-19-14-10-6-4-8-12-7-3-5-9-13(12)14/h3,5,7,9H,4,6,8,10-11H2,1-2H3,(H,20,24)/b19-14-. The van der Waals surface area contributed by atoms with Crippen LogP contribution >= 0.6 is 11.8 Å². The Morgan fingerprint density at radius 2 is 1.96 bits per heavy atom. The molecule has 1 N–H and O–H groups in total. The molecule has 0 aliphatic heterocycles. The number of carbonyl (C=O) groups excluding carboxylic acids is 1. The first-order valence-electron chi connectivity index (χ1n) is 8.68. The molecule has 0 bridgehead atoms. The summed E-state index contributed by atoms with van der Waals surface area (Å²) in [4.78, 5) is 35.8. The molecule has 142 valence electrons. The van der Waals surface area contributed by atoms with Crippen LogP contribution in [0.2, 0.25) is 0 Å². The van der Waals surface area contributed by atoms with Crippen molar-refractivity contribution in [3.05, 3.63) is 56.2 Å². The predicted octanol–water partition coefficient (Wildman–Crippen LogP) is 0.818. The molecule has 3 rings (SSSR count). The maximum absolute atomic E-state index is 12.2. The van der Waals surface area contributed by atoms with Crippen LogP contribution < -0.4 is 16.7 Å². The molecule has 0 spiro atoms. The molecule has 27 heavy (non-hydrogen) atoms. The Bertz CT molecular complexity index is 1010. The molecule has 1 aromatic carbocycles. The monoisotopic (exact) mass is 387 g/mol. The van der Waals surface area contributed by atoms with Gasteiger partial charge >= 0.3 is 5.69 Å². The molecule has 0 radical (unpaired) electrons. The van der Waals surface area contributed by atoms with Crippen molar-refractivity contribution in [1.82, 2.24) is 19.8 Å². The van der Waals surface area contributed by atoms with Crippen molar-refractivity contribution in [1.29, 1.82) is 0 Å². The molecule has 8 nitrogen and oxygen atoms in total. The molecule has 1 heterocycles. The van der Waals surface area contributed by atoms with E-state index in [4.69, 9.17) is 0 Å². The highest BCUT2D eigenvalue weighted by atomic mass is 32.2. The topological polar surface area (TPSA) is 98.3 Å². The second kappa shape index (κ2) is 8.34. The third kappa shape index (κ3) is 4.36. The van der Waals surface area contributed by atoms with E-state index in [9.17, 15) is 14.4 Å². The van der Waals surface area contributed by atoms with E-state index in [0.717, 1.165) is 58.0 Å². The third-order valence-electron chi connectivity index (χ3n) is 4.39. The maximum Gasteiger partial charge on any atom is 0.346 e. The Morgan fingerprint density at radius 3 is 2.78 bits per heavy atom. The third-order valence-corrected chi connectivity index (χ3v) is 5.32. The molecule has 0 saturated carbocycles. The first kappa shape index (κ1) is 19.1. The van der Waals surface area contributed by atoms with Gasteiger partial charge in [0.1, 0.15) is 0 Å². The minimum absolute atomic E-state index is 0.0150. The number of nitrogens with one attached hydrogen (secondary N) is 1. The predicted molar refractivity (Wildman–Crippen MR) is 104 cm³/mol. The van der Waals surface area contributed by atoms with E-state index in [0.29, 0.717) is 0 Å². The largest absolute Gasteiger partial charge is 0.346 e. The lowest BCUT2D eigenvalue weighted by atomic mass is 10.0. The number of hydrogen-bond acceptors (Lipinski definition) is 6. The van der Waals surface area contributed by atoms with Crippen molar-refractivity contribution < 1.29 is 4.79 Å². The van der Waals surface area contributed by atoms with Crippen molar-refractivity contribution in [2.45, 2.75) is 30.7 Å². The molecule has 0 saturated heterocycles. The Kier molecular flexibility index (Phi) is 5.90. The number of hydrogen-bond donors (Lipinski definition) is 1. The fourth-order valence-corrected chi connectivity index (χ4v) is 3.71. The van der Waals surface area contributed by atoms with E-state index in [1.165, 1.54) is 19.7 Å². The second-order valence-corrected chi connectivity index (χ2v) is 7.29. The smallest absolute Gasteiger partial charge is 0.272 e. The highest BCUT2D eigenvalue weighted by Gasteiger charge is 2.15. The average molecular weight is 387 g/mol. The van der Waals surface area contributed by atoms with Crippen LogP contribution in [-0.4, -0.2) is 31.7 Å². The number of rotatable bonds is 4. The van der Waals surface area contributed by atoms with Gasteiger partial charge in [-0.3, -0.25) is 14.2 Å². The summed E-state index contributed by atoms with van der Waals surface area (Å²) in [5.74, 6) is -0.342. The number of benzene rings is 1. The normalized spacial score (nSPS) is 15.3. The number of fused-ring (bicyclic) bond motifs is 1. The lowest BCUT2D eigenvalue weighted by Gasteiger charge is -2.08. The van der Waals surface area contributed by atoms with Gasteiger partial charge in [-0.1, -0.05) is 36.0 Å². The van der Waals surface area contributed by atoms with Crippen LogP contribution in [0.4, 0.5) is 0 Å². The van der Waals surface area contributed by atoms with Crippen LogP contribution in [0.3, 0.4) is 0 Å². The summed E-state index contributed by atoms with van der Waals surface area (Å²) in [5, 5.41) is 8.33. The molecule has 1 aliphatic rings. The highest BCUT2D eigenvalue weighted by molar-refractivity contribution is 7.99. The Labute approximate surface area is 160 Å². The van der Waals surface area contributed by atoms with Gasteiger partial charge in [-0.15, -0.1) is 0 Å². The van der Waals surface area contributed by atoms with Gasteiger partial charge in [-0.05, 0) is 31.2 Å². The molecular formula is C18H21N5O3S. The molecular weight excluding hydrogens is 366 g/mol. The van der Waals surface area contributed by atoms with Gasteiger partial charge in [-0.25, -0.2) is 14.9 Å². The zero-order valence-corrected chi connectivity index (χ0v) is 16.1. The SMILES string of the molecule is Cn1nc(SCC(=O)N/N=C2/CCCCc3ccccc32)c(=O)n(C)c1=O. The van der Waals surface area contributed by atoms with Gasteiger partial charge in [0.2, 0.25) is 5.91 Å². The van der Waals surface area contributed by atoms with Crippen molar-refractivity contribution in [2.24, 2.45) is 19.2 Å². The highest BCUT2D eigenvalue weighted by Crippen LogP contribution is 2.20. The van der Waals surface area contributed by atoms with Crippen LogP contribution in [0.15, 0.2) is 44.0 Å². The quantitative estimate of drug-likeness (QED) is 0.476. The van der Waals surface area contributed by atoms with E-state index in [-0.39, 0.29) is 16.7 Å². The Balaban J connectivity index is 1.68. The van der Waals surface area contributed by atoms with Crippen LogP contribution in [-0.2, 0) is 25.3 Å². The van der Waals surface area contributed by atoms with E-state index < -0.39 is 11.2 Å². The van der Waals surface area contributed by atoms with Crippen molar-refractivity contribution >= 4 is 23.4 Å². The van der Waals surface area contributed by atoms with Gasteiger partial charge < -0.3 is 0 Å². The summed E-state index contributed by atoms with van der Waals surface area (Å²) >= 11 is 0.983. The average Bonchev–Trinajstić information content (AvgIpc) is 2.88. The lowest BCUT2D eigenvalue weighted by molar-refractivity contribution is -0.118. The fraction of sp³-hybridized carbons (Fsp3) is 0.389. The van der Waals surface area contributed by atoms with Crippen LogP contribution in [0, 0.1) is 0 Å². The molecule has 1 aliphatic carbocycles. The molecule has 1 aromatic heterocycles. The van der Waals surface area contributed by atoms with Gasteiger partial charge in [0.15, 0.2) is 5.03 Å². The Morgan fingerprint density at radius 1 is 1.22 bits per heavy atom. The minimum atomic E-state index is -0.514. The van der Waals surface area contributed by atoms with E-state index >= 15 is 0 Å². The summed E-state index contributed by atoms with van der Waals surface area (Å²) in [6.45, 7) is 0. The van der Waals surface area contributed by atoms with E-state index in [2.05, 4.69) is 21.7 Å². The molecule has 1 amide bonds. The number of aromatic nitrogens is 3. The van der Waals surface area contributed by atoms with Crippen LogP contribution in [0.25, 0.3) is 0 Å². The zero-order chi connectivity index (χ0) is 19.4. The number of aryl methyl sites for hydroxylation is 2. The molecule has 2 aromatic rings. The molecule has 9 heteroatoms. The van der Waals surface area contributed by atoms with Crippen LogP contribution in [0.1, 0.15) is 30.4 Å².